The van der Waals surface area contributed by atoms with Gasteiger partial charge in [0.25, 0.3) is 5.91 Å². The Bertz CT molecular complexity index is 465. The molecular weight excluding hydrogens is 316 g/mol. The van der Waals surface area contributed by atoms with Gasteiger partial charge in [-0.2, -0.15) is 0 Å². The van der Waals surface area contributed by atoms with Crippen molar-refractivity contribution in [1.82, 2.24) is 5.32 Å². The van der Waals surface area contributed by atoms with Gasteiger partial charge in [-0.3, -0.25) is 4.79 Å². The van der Waals surface area contributed by atoms with Gasteiger partial charge in [0.1, 0.15) is 5.75 Å². The molecule has 0 spiro atoms. The third kappa shape index (κ3) is 3.96. The van der Waals surface area contributed by atoms with Crippen LogP contribution in [-0.4, -0.2) is 22.0 Å². The number of phenols is 1. The van der Waals surface area contributed by atoms with E-state index in [1.54, 1.807) is 12.1 Å². The summed E-state index contributed by atoms with van der Waals surface area (Å²) in [5.41, 5.74) is 5.76. The number of nitrogens with two attached hydrogens (primary N) is 1. The first-order chi connectivity index (χ1) is 8.45. The Morgan fingerprint density at radius 1 is 1.61 bits per heavy atom. The van der Waals surface area contributed by atoms with Crippen LogP contribution in [0.3, 0.4) is 0 Å². The zero-order chi connectivity index (χ0) is 13.7. The van der Waals surface area contributed by atoms with Gasteiger partial charge in [-0.25, -0.2) is 0 Å². The first-order valence-electron chi connectivity index (χ1n) is 5.54. The molecule has 0 heterocycles. The number of rotatable bonds is 5. The summed E-state index contributed by atoms with van der Waals surface area (Å²) in [6.45, 7) is 1.98. The van der Waals surface area contributed by atoms with Gasteiger partial charge >= 0.3 is 0 Å². The van der Waals surface area contributed by atoms with Crippen molar-refractivity contribution in [2.24, 2.45) is 5.73 Å². The van der Waals surface area contributed by atoms with Crippen LogP contribution in [0.2, 0.25) is 0 Å². The molecule has 1 rings (SSSR count). The van der Waals surface area contributed by atoms with Crippen LogP contribution in [0.25, 0.3) is 0 Å². The molecule has 0 aliphatic carbocycles. The Labute approximate surface area is 120 Å². The lowest BCUT2D eigenvalue weighted by atomic mass is 10.1. The van der Waals surface area contributed by atoms with Crippen LogP contribution in [0.5, 0.6) is 5.75 Å². The van der Waals surface area contributed by atoms with Crippen LogP contribution in [0, 0.1) is 0 Å². The van der Waals surface area contributed by atoms with Crippen molar-refractivity contribution in [2.45, 2.75) is 25.8 Å². The maximum atomic E-state index is 12.0. The van der Waals surface area contributed by atoms with Gasteiger partial charge in [0, 0.05) is 4.47 Å². The summed E-state index contributed by atoms with van der Waals surface area (Å²) < 4.78 is 0.716. The Balaban J connectivity index is 2.86. The van der Waals surface area contributed by atoms with E-state index in [1.165, 1.54) is 6.07 Å². The van der Waals surface area contributed by atoms with E-state index >= 15 is 0 Å². The summed E-state index contributed by atoms with van der Waals surface area (Å²) in [5, 5.41) is 12.4. The predicted octanol–water partition coefficient (Wildman–Crippen LogP) is 2.34. The highest BCUT2D eigenvalue weighted by Gasteiger charge is 2.17. The molecule has 98 valence electrons. The Morgan fingerprint density at radius 3 is 2.83 bits per heavy atom. The fourth-order valence-corrected chi connectivity index (χ4v) is 2.04. The van der Waals surface area contributed by atoms with Crippen molar-refractivity contribution in [3.63, 3.8) is 0 Å². The smallest absolute Gasteiger partial charge is 0.255 e. The Kier molecular flexibility index (Phi) is 5.55. The second kappa shape index (κ2) is 6.70. The number of carbonyl (C=O) groups is 1. The van der Waals surface area contributed by atoms with Gasteiger partial charge < -0.3 is 16.2 Å². The zero-order valence-corrected chi connectivity index (χ0v) is 12.3. The maximum absolute atomic E-state index is 12.0. The maximum Gasteiger partial charge on any atom is 0.255 e. The number of aromatic hydroxyl groups is 1. The molecule has 18 heavy (non-hydrogen) atoms. The number of hydrogen-bond donors (Lipinski definition) is 3. The molecule has 0 aromatic heterocycles. The van der Waals surface area contributed by atoms with Crippen molar-refractivity contribution >= 4 is 39.0 Å². The molecular formula is C12H15BrN2O2S. The highest BCUT2D eigenvalue weighted by Crippen LogP contribution is 2.21. The molecule has 0 bridgehead atoms. The summed E-state index contributed by atoms with van der Waals surface area (Å²) in [4.78, 5) is 12.2. The molecule has 0 saturated heterocycles. The number of nitrogens with one attached hydrogen (secondary N) is 1. The summed E-state index contributed by atoms with van der Waals surface area (Å²) in [7, 11) is 0. The lowest BCUT2D eigenvalue weighted by Crippen LogP contribution is -2.43. The van der Waals surface area contributed by atoms with Crippen LogP contribution < -0.4 is 11.1 Å². The normalized spacial score (nSPS) is 11.9. The molecule has 4 N–H and O–H groups in total. The molecule has 1 aromatic carbocycles. The Hall–Kier alpha value is -1.14. The van der Waals surface area contributed by atoms with Gasteiger partial charge in [0.15, 0.2) is 0 Å². The van der Waals surface area contributed by atoms with E-state index in [2.05, 4.69) is 21.2 Å². The first kappa shape index (κ1) is 14.9. The van der Waals surface area contributed by atoms with Crippen molar-refractivity contribution in [3.05, 3.63) is 28.2 Å². The van der Waals surface area contributed by atoms with E-state index in [9.17, 15) is 9.90 Å². The van der Waals surface area contributed by atoms with E-state index in [4.69, 9.17) is 18.0 Å². The third-order valence-corrected chi connectivity index (χ3v) is 3.21. The number of benzene rings is 1. The highest BCUT2D eigenvalue weighted by molar-refractivity contribution is 9.10. The van der Waals surface area contributed by atoms with Crippen molar-refractivity contribution in [3.8, 4) is 5.75 Å². The highest BCUT2D eigenvalue weighted by atomic mass is 79.9. The molecule has 0 fully saturated rings. The standard InChI is InChI=1S/C12H15BrN2O2S/c1-2-3-9(11(14)18)15-12(17)8-6-7(13)4-5-10(8)16/h4-6,9,16H,2-3H2,1H3,(H2,14,18)(H,15,17). The summed E-state index contributed by atoms with van der Waals surface area (Å²) in [6.07, 6.45) is 1.53. The number of phenolic OH excluding ortho intramolecular Hbond substituents is 1. The summed E-state index contributed by atoms with van der Waals surface area (Å²) >= 11 is 8.15. The zero-order valence-electron chi connectivity index (χ0n) is 9.94. The van der Waals surface area contributed by atoms with Gasteiger partial charge in [0.2, 0.25) is 0 Å². The summed E-state index contributed by atoms with van der Waals surface area (Å²) in [6, 6.07) is 4.31. The van der Waals surface area contributed by atoms with Crippen LogP contribution >= 0.6 is 28.1 Å². The van der Waals surface area contributed by atoms with E-state index in [-0.39, 0.29) is 28.3 Å². The van der Waals surface area contributed by atoms with Gasteiger partial charge in [-0.15, -0.1) is 0 Å². The minimum absolute atomic E-state index is 0.0751. The second-order valence-electron chi connectivity index (χ2n) is 3.88. The average molecular weight is 331 g/mol. The number of hydrogen-bond acceptors (Lipinski definition) is 3. The van der Waals surface area contributed by atoms with E-state index < -0.39 is 0 Å². The molecule has 0 aliphatic heterocycles. The van der Waals surface area contributed by atoms with Crippen LogP contribution in [0.1, 0.15) is 30.1 Å². The lowest BCUT2D eigenvalue weighted by molar-refractivity contribution is 0.0943. The molecule has 1 aromatic rings. The van der Waals surface area contributed by atoms with Crippen LogP contribution in [-0.2, 0) is 0 Å². The SMILES string of the molecule is CCCC(NC(=O)c1cc(Br)ccc1O)C(N)=S. The largest absolute Gasteiger partial charge is 0.507 e. The number of amides is 1. The van der Waals surface area contributed by atoms with Crippen molar-refractivity contribution in [2.75, 3.05) is 0 Å². The van der Waals surface area contributed by atoms with Gasteiger partial charge in [-0.05, 0) is 24.6 Å². The second-order valence-corrected chi connectivity index (χ2v) is 5.27. The minimum Gasteiger partial charge on any atom is -0.507 e. The third-order valence-electron chi connectivity index (χ3n) is 2.43. The molecule has 0 aliphatic rings. The predicted molar refractivity (Wildman–Crippen MR) is 78.8 cm³/mol. The Morgan fingerprint density at radius 2 is 2.28 bits per heavy atom. The molecule has 0 saturated carbocycles. The number of halogens is 1. The molecule has 1 unspecified atom stereocenters. The minimum atomic E-state index is -0.389. The number of thiocarbonyl (C=S) groups is 1. The summed E-state index contributed by atoms with van der Waals surface area (Å²) in [5.74, 6) is -0.464. The monoisotopic (exact) mass is 330 g/mol. The first-order valence-corrected chi connectivity index (χ1v) is 6.74. The quantitative estimate of drug-likeness (QED) is 0.724. The molecule has 6 heteroatoms. The fraction of sp³-hybridized carbons (Fsp3) is 0.333. The average Bonchev–Trinajstić information content (AvgIpc) is 2.31. The number of carbonyl (C=O) groups excluding carboxylic acids is 1. The molecule has 4 nitrogen and oxygen atoms in total. The van der Waals surface area contributed by atoms with E-state index in [0.29, 0.717) is 10.9 Å². The van der Waals surface area contributed by atoms with E-state index in [0.717, 1.165) is 6.42 Å². The van der Waals surface area contributed by atoms with Gasteiger partial charge in [-0.1, -0.05) is 41.5 Å². The fourth-order valence-electron chi connectivity index (χ4n) is 1.50. The van der Waals surface area contributed by atoms with Crippen LogP contribution in [0.4, 0.5) is 0 Å². The molecule has 1 atom stereocenters. The van der Waals surface area contributed by atoms with Gasteiger partial charge in [0.05, 0.1) is 16.6 Å². The topological polar surface area (TPSA) is 75.3 Å². The molecule has 0 radical (unpaired) electrons. The lowest BCUT2D eigenvalue weighted by Gasteiger charge is -2.17. The molecule has 1 amide bonds. The van der Waals surface area contributed by atoms with Crippen molar-refractivity contribution in [1.29, 1.82) is 0 Å². The van der Waals surface area contributed by atoms with E-state index in [1.807, 2.05) is 6.92 Å². The van der Waals surface area contributed by atoms with Crippen LogP contribution in [0.15, 0.2) is 22.7 Å². The van der Waals surface area contributed by atoms with Crippen molar-refractivity contribution < 1.29 is 9.90 Å².